The second-order valence-electron chi connectivity index (χ2n) is 13.0. The van der Waals surface area contributed by atoms with Gasteiger partial charge in [0.25, 0.3) is 0 Å². The van der Waals surface area contributed by atoms with Gasteiger partial charge >= 0.3 is 0 Å². The van der Waals surface area contributed by atoms with Crippen LogP contribution in [-0.2, 0) is 32.9 Å². The molecule has 0 saturated heterocycles. The summed E-state index contributed by atoms with van der Waals surface area (Å²) >= 11 is 1.87. The maximum atomic E-state index is 9.21. The van der Waals surface area contributed by atoms with E-state index in [0.29, 0.717) is 16.8 Å². The van der Waals surface area contributed by atoms with Crippen LogP contribution in [0.5, 0.6) is 0 Å². The first-order chi connectivity index (χ1) is 22.9. The molecule has 1 radical (unpaired) electrons. The largest absolute Gasteiger partial charge is 0.304 e. The Morgan fingerprint density at radius 3 is 2.33 bits per heavy atom. The fourth-order valence-corrected chi connectivity index (χ4v) is 6.33. The van der Waals surface area contributed by atoms with Crippen molar-refractivity contribution in [2.45, 2.75) is 61.2 Å². The minimum atomic E-state index is -2.40. The van der Waals surface area contributed by atoms with Crippen LogP contribution in [0.3, 0.4) is 0 Å². The average Bonchev–Trinajstić information content (AvgIpc) is 3.44. The van der Waals surface area contributed by atoms with E-state index >= 15 is 0 Å². The van der Waals surface area contributed by atoms with Gasteiger partial charge in [0.15, 0.2) is 0 Å². The zero-order valence-electron chi connectivity index (χ0n) is 31.4. The Kier molecular flexibility index (Phi) is 8.70. The topological polar surface area (TPSA) is 49.6 Å². The summed E-state index contributed by atoms with van der Waals surface area (Å²) in [5.74, 6) is 0. The summed E-state index contributed by atoms with van der Waals surface area (Å²) in [4.78, 5) is 8.78. The Labute approximate surface area is 292 Å². The van der Waals surface area contributed by atoms with Crippen LogP contribution in [0.4, 0.5) is 0 Å². The van der Waals surface area contributed by atoms with Crippen LogP contribution < -0.4 is 0 Å². The summed E-state index contributed by atoms with van der Waals surface area (Å²) in [5.41, 5.74) is 4.70. The number of fused-ring (bicyclic) bond motifs is 3. The molecule has 3 heterocycles. The van der Waals surface area contributed by atoms with Crippen LogP contribution in [0, 0.1) is 41.1 Å². The molecule has 231 valence electrons. The normalized spacial score (nSPS) is 13.7. The van der Waals surface area contributed by atoms with Gasteiger partial charge in [-0.1, -0.05) is 72.2 Å². The number of rotatable bonds is 4. The maximum absolute atomic E-state index is 9.21. The minimum Gasteiger partial charge on any atom is -0.304 e. The van der Waals surface area contributed by atoms with Crippen LogP contribution in [0.2, 0.25) is 0 Å². The van der Waals surface area contributed by atoms with Gasteiger partial charge in [0, 0.05) is 60.0 Å². The maximum Gasteiger partial charge on any atom is 0.0987 e. The van der Waals surface area contributed by atoms with Gasteiger partial charge in [-0.2, -0.15) is 5.26 Å². The third-order valence-corrected chi connectivity index (χ3v) is 8.12. The molecular weight excluding hydrogens is 747 g/mol. The van der Waals surface area contributed by atoms with Crippen molar-refractivity contribution in [2.75, 3.05) is 0 Å². The number of aromatic nitrogens is 2. The zero-order valence-corrected chi connectivity index (χ0v) is 29.6. The molecular formula is C40H39IrN3S-2. The first kappa shape index (κ1) is 27.6. The Morgan fingerprint density at radius 1 is 0.889 bits per heavy atom. The summed E-state index contributed by atoms with van der Waals surface area (Å²) in [6.07, 6.45) is 2.66. The van der Waals surface area contributed by atoms with E-state index in [-0.39, 0.29) is 36.6 Å². The van der Waals surface area contributed by atoms with Gasteiger partial charge in [-0.3, -0.25) is 0 Å². The zero-order chi connectivity index (χ0) is 35.8. The molecule has 0 atom stereocenters. The molecule has 6 aromatic rings. The van der Waals surface area contributed by atoms with Crippen molar-refractivity contribution in [1.29, 1.82) is 5.26 Å². The second-order valence-corrected chi connectivity index (χ2v) is 14.1. The monoisotopic (exact) mass is 791 g/mol. The van der Waals surface area contributed by atoms with Gasteiger partial charge in [-0.25, -0.2) is 0 Å². The third kappa shape index (κ3) is 8.53. The van der Waals surface area contributed by atoms with Gasteiger partial charge in [0.2, 0.25) is 0 Å². The number of hydrogen-bond donors (Lipinski definition) is 0. The van der Waals surface area contributed by atoms with Crippen LogP contribution in [-0.4, -0.2) is 9.97 Å². The van der Waals surface area contributed by atoms with E-state index in [1.54, 1.807) is 18.2 Å². The molecule has 0 unspecified atom stereocenters. The van der Waals surface area contributed by atoms with Gasteiger partial charge in [0.05, 0.1) is 6.07 Å². The molecule has 0 saturated carbocycles. The van der Waals surface area contributed by atoms with E-state index in [1.807, 2.05) is 62.6 Å². The van der Waals surface area contributed by atoms with Crippen LogP contribution in [0.15, 0.2) is 85.2 Å². The predicted molar refractivity (Wildman–Crippen MR) is 186 cm³/mol. The molecule has 3 aromatic heterocycles. The summed E-state index contributed by atoms with van der Waals surface area (Å²) in [6.45, 7) is 9.98. The van der Waals surface area contributed by atoms with Crippen molar-refractivity contribution in [3.8, 4) is 28.6 Å². The quantitative estimate of drug-likeness (QED) is 0.167. The summed E-state index contributed by atoms with van der Waals surface area (Å²) in [5, 5.41) is 11.8. The van der Waals surface area contributed by atoms with Gasteiger partial charge in [0.1, 0.15) is 0 Å². The smallest absolute Gasteiger partial charge is 0.0987 e. The molecule has 45 heavy (non-hydrogen) atoms. The minimum absolute atomic E-state index is 0. The van der Waals surface area contributed by atoms with E-state index in [9.17, 15) is 5.26 Å². The van der Waals surface area contributed by atoms with Crippen molar-refractivity contribution >= 4 is 31.5 Å². The van der Waals surface area contributed by atoms with E-state index in [2.05, 4.69) is 73.2 Å². The molecule has 3 aromatic carbocycles. The molecule has 0 aliphatic heterocycles. The van der Waals surface area contributed by atoms with E-state index < -0.39 is 18.6 Å². The van der Waals surface area contributed by atoms with Crippen molar-refractivity contribution < 1.29 is 27.0 Å². The molecule has 0 amide bonds. The van der Waals surface area contributed by atoms with Gasteiger partial charge < -0.3 is 9.97 Å². The fraction of sp³-hybridized carbons (Fsp3) is 0.275. The summed E-state index contributed by atoms with van der Waals surface area (Å²) in [6, 6.07) is 31.5. The first-order valence-corrected chi connectivity index (χ1v) is 15.4. The van der Waals surface area contributed by atoms with Crippen molar-refractivity contribution in [2.24, 2.45) is 10.8 Å². The number of benzene rings is 3. The number of nitrogens with zero attached hydrogens (tertiary/aromatic N) is 3. The van der Waals surface area contributed by atoms with Crippen LogP contribution in [0.1, 0.15) is 70.7 Å². The number of pyridine rings is 2. The molecule has 0 aliphatic carbocycles. The summed E-state index contributed by atoms with van der Waals surface area (Å²) < 4.78 is 41.5. The van der Waals surface area contributed by atoms with Crippen LogP contribution >= 0.6 is 11.3 Å². The number of nitriles is 1. The fourth-order valence-electron chi connectivity index (χ4n) is 5.02. The Hall–Kier alpha value is -3.68. The summed E-state index contributed by atoms with van der Waals surface area (Å²) in [7, 11) is 0. The van der Waals surface area contributed by atoms with E-state index in [0.717, 1.165) is 17.7 Å². The number of aryl methyl sites for hydroxylation is 1. The number of hydrogen-bond acceptors (Lipinski definition) is 4. The Morgan fingerprint density at radius 2 is 1.69 bits per heavy atom. The second kappa shape index (κ2) is 14.2. The standard InChI is InChI=1S/C22H20NS.C18H19N2.Ir/c1-22(2,3)14-16-10-7-11-17-18-12-13-23-19(21(18)24-20(16)17)15-8-5-4-6-9-15;1-13-12-20-17(9-16(13)11-19)15-7-5-14(6-8-15)10-18(2,3)4;/h4-8,10-13H,14H2,1-3H3;5-7,9,12H,10H2,1-4H3;/q2*-1;/i;1D3,10D2;. The molecule has 0 bridgehead atoms. The Balaban J connectivity index is 0.000000220. The van der Waals surface area contributed by atoms with Crippen molar-refractivity contribution in [3.05, 3.63) is 120 Å². The molecule has 6 rings (SSSR count). The molecule has 0 N–H and O–H groups in total. The van der Waals surface area contributed by atoms with E-state index in [1.165, 1.54) is 38.0 Å². The molecule has 5 heteroatoms. The predicted octanol–water partition coefficient (Wildman–Crippen LogP) is 10.8. The van der Waals surface area contributed by atoms with Crippen LogP contribution in [0.25, 0.3) is 42.7 Å². The SMILES string of the molecule is CC(C)(C)Cc1cccc2c1sc1c(-c3[c-]cccc3)nccc12.[2H]C([2H])([2H])c1cnc(-c2[c-]cc(C([2H])([2H])C(C)(C)C)cc2)cc1C#N.[Ir]. The van der Waals surface area contributed by atoms with E-state index in [4.69, 9.17) is 6.85 Å². The van der Waals surface area contributed by atoms with Gasteiger partial charge in [-0.05, 0) is 57.8 Å². The third-order valence-electron chi connectivity index (χ3n) is 6.81. The molecule has 0 spiro atoms. The van der Waals surface area contributed by atoms with Gasteiger partial charge in [-0.15, -0.1) is 82.6 Å². The van der Waals surface area contributed by atoms with Crippen molar-refractivity contribution in [3.63, 3.8) is 0 Å². The van der Waals surface area contributed by atoms with Crippen molar-refractivity contribution in [1.82, 2.24) is 9.97 Å². The Bertz CT molecular complexity index is 2140. The number of thiophene rings is 1. The molecule has 0 fully saturated rings. The average molecular weight is 791 g/mol. The molecule has 3 nitrogen and oxygen atoms in total. The molecule has 0 aliphatic rings. The first-order valence-electron chi connectivity index (χ1n) is 17.1.